The molecule has 6 nitrogen and oxygen atoms in total. The summed E-state index contributed by atoms with van der Waals surface area (Å²) < 4.78 is 5.68. The third kappa shape index (κ3) is 9.02. The number of ether oxygens (including phenoxy) is 1. The van der Waals surface area contributed by atoms with Crippen molar-refractivity contribution in [2.45, 2.75) is 46.7 Å². The molecule has 0 aliphatic rings. The Bertz CT molecular complexity index is 794. The van der Waals surface area contributed by atoms with Crippen LogP contribution < -0.4 is 20.7 Å². The number of benzene rings is 2. The average molecular weight is 524 g/mol. The van der Waals surface area contributed by atoms with Crippen LogP contribution in [0.5, 0.6) is 5.75 Å². The highest BCUT2D eigenvalue weighted by Gasteiger charge is 2.05. The summed E-state index contributed by atoms with van der Waals surface area (Å²) in [5.41, 5.74) is 2.98. The second-order valence-corrected chi connectivity index (χ2v) is 6.58. The van der Waals surface area contributed by atoms with Crippen LogP contribution >= 0.6 is 24.0 Å². The molecule has 0 radical (unpaired) electrons. The van der Waals surface area contributed by atoms with Gasteiger partial charge in [-0.05, 0) is 44.0 Å². The van der Waals surface area contributed by atoms with Crippen LogP contribution in [0.3, 0.4) is 0 Å². The van der Waals surface area contributed by atoms with Gasteiger partial charge in [0.2, 0.25) is 5.91 Å². The van der Waals surface area contributed by atoms with Gasteiger partial charge in [-0.3, -0.25) is 4.79 Å². The quantitative estimate of drug-likeness (QED) is 0.240. The zero-order valence-electron chi connectivity index (χ0n) is 18.0. The molecule has 1 amide bonds. The van der Waals surface area contributed by atoms with Crippen molar-refractivity contribution >= 4 is 41.5 Å². The molecule has 0 aromatic heterocycles. The van der Waals surface area contributed by atoms with Gasteiger partial charge in [0.25, 0.3) is 0 Å². The molecule has 0 fully saturated rings. The van der Waals surface area contributed by atoms with E-state index in [4.69, 9.17) is 4.74 Å². The van der Waals surface area contributed by atoms with Crippen LogP contribution in [0.1, 0.15) is 44.7 Å². The minimum absolute atomic E-state index is 0. The summed E-state index contributed by atoms with van der Waals surface area (Å²) in [6.07, 6.45) is 1.38. The Balaban J connectivity index is 0.00000450. The van der Waals surface area contributed by atoms with Gasteiger partial charge in [0.15, 0.2) is 5.96 Å². The fourth-order valence-corrected chi connectivity index (χ4v) is 2.78. The van der Waals surface area contributed by atoms with Gasteiger partial charge >= 0.3 is 0 Å². The van der Waals surface area contributed by atoms with Crippen LogP contribution in [0.4, 0.5) is 5.69 Å². The van der Waals surface area contributed by atoms with Crippen molar-refractivity contribution in [2.24, 2.45) is 4.99 Å². The summed E-state index contributed by atoms with van der Waals surface area (Å²) in [6, 6.07) is 15.8. The monoisotopic (exact) mass is 524 g/mol. The number of carbonyl (C=O) groups excluding carboxylic acids is 1. The summed E-state index contributed by atoms with van der Waals surface area (Å²) in [7, 11) is 0. The molecule has 0 heterocycles. The molecule has 0 saturated carbocycles. The van der Waals surface area contributed by atoms with E-state index in [1.165, 1.54) is 0 Å². The summed E-state index contributed by atoms with van der Waals surface area (Å²) in [5.74, 6) is 1.68. The Morgan fingerprint density at radius 3 is 2.40 bits per heavy atom. The zero-order valence-corrected chi connectivity index (χ0v) is 20.4. The lowest BCUT2D eigenvalue weighted by atomic mass is 10.2. The maximum Gasteiger partial charge on any atom is 0.224 e. The van der Waals surface area contributed by atoms with Gasteiger partial charge in [0.1, 0.15) is 5.75 Å². The first kappa shape index (κ1) is 25.7. The van der Waals surface area contributed by atoms with Gasteiger partial charge in [-0.1, -0.05) is 37.3 Å². The lowest BCUT2D eigenvalue weighted by Gasteiger charge is -2.14. The molecule has 0 saturated heterocycles. The van der Waals surface area contributed by atoms with Crippen LogP contribution in [0.25, 0.3) is 0 Å². The largest absolute Gasteiger partial charge is 0.494 e. The highest BCUT2D eigenvalue weighted by Crippen LogP contribution is 2.17. The summed E-state index contributed by atoms with van der Waals surface area (Å²) in [6.45, 7) is 8.61. The van der Waals surface area contributed by atoms with Gasteiger partial charge in [-0.2, -0.15) is 0 Å². The first-order valence-corrected chi connectivity index (χ1v) is 10.3. The number of carbonyl (C=O) groups is 1. The smallest absolute Gasteiger partial charge is 0.224 e. The Morgan fingerprint density at radius 1 is 1.00 bits per heavy atom. The molecular formula is C23H33IN4O2. The minimum atomic E-state index is 0. The maximum atomic E-state index is 11.7. The van der Waals surface area contributed by atoms with Gasteiger partial charge < -0.3 is 20.7 Å². The van der Waals surface area contributed by atoms with Gasteiger partial charge in [-0.25, -0.2) is 4.99 Å². The van der Waals surface area contributed by atoms with Crippen molar-refractivity contribution in [3.8, 4) is 5.75 Å². The molecule has 2 rings (SSSR count). The van der Waals surface area contributed by atoms with E-state index < -0.39 is 0 Å². The number of para-hydroxylation sites is 1. The fourth-order valence-electron chi connectivity index (χ4n) is 2.78. The third-order valence-corrected chi connectivity index (χ3v) is 4.20. The maximum absolute atomic E-state index is 11.7. The zero-order chi connectivity index (χ0) is 20.9. The summed E-state index contributed by atoms with van der Waals surface area (Å²) in [4.78, 5) is 16.3. The Morgan fingerprint density at radius 2 is 1.73 bits per heavy atom. The number of amides is 1. The number of nitrogens with one attached hydrogen (secondary N) is 3. The van der Waals surface area contributed by atoms with Crippen LogP contribution in [0, 0.1) is 0 Å². The van der Waals surface area contributed by atoms with Crippen LogP contribution in [0.2, 0.25) is 0 Å². The van der Waals surface area contributed by atoms with E-state index in [0.29, 0.717) is 26.1 Å². The predicted octanol–water partition coefficient (Wildman–Crippen LogP) is 4.70. The second-order valence-electron chi connectivity index (χ2n) is 6.58. The number of anilines is 1. The standard InChI is InChI=1S/C23H32N4O2.HI/c1-4-9-22(28)27-20-14-12-18(13-15-20)16-25-23(24-5-2)26-17-19-10-7-8-11-21(19)29-6-3;/h7-8,10-15H,4-6,9,16-17H2,1-3H3,(H,27,28)(H2,24,25,26);1H. The van der Waals surface area contributed by atoms with E-state index in [1.54, 1.807) is 0 Å². The first-order chi connectivity index (χ1) is 14.2. The number of rotatable bonds is 10. The van der Waals surface area contributed by atoms with Crippen molar-refractivity contribution in [3.63, 3.8) is 0 Å². The number of hydrogen-bond donors (Lipinski definition) is 3. The van der Waals surface area contributed by atoms with Crippen LogP contribution in [-0.4, -0.2) is 25.0 Å². The molecule has 0 atom stereocenters. The Kier molecular flexibility index (Phi) is 12.6. The second kappa shape index (κ2) is 14.7. The van der Waals surface area contributed by atoms with Crippen LogP contribution in [0.15, 0.2) is 53.5 Å². The first-order valence-electron chi connectivity index (χ1n) is 10.3. The van der Waals surface area contributed by atoms with Crippen molar-refractivity contribution in [1.82, 2.24) is 10.6 Å². The highest BCUT2D eigenvalue weighted by molar-refractivity contribution is 14.0. The average Bonchev–Trinajstić information content (AvgIpc) is 2.72. The number of hydrogen-bond acceptors (Lipinski definition) is 3. The summed E-state index contributed by atoms with van der Waals surface area (Å²) >= 11 is 0. The molecule has 7 heteroatoms. The molecule has 30 heavy (non-hydrogen) atoms. The van der Waals surface area contributed by atoms with Crippen molar-refractivity contribution < 1.29 is 9.53 Å². The lowest BCUT2D eigenvalue weighted by Crippen LogP contribution is -2.36. The fraction of sp³-hybridized carbons (Fsp3) is 0.391. The predicted molar refractivity (Wildman–Crippen MR) is 135 cm³/mol. The molecule has 2 aromatic carbocycles. The topological polar surface area (TPSA) is 74.8 Å². The molecule has 0 aliphatic carbocycles. The van der Waals surface area contributed by atoms with E-state index in [-0.39, 0.29) is 29.9 Å². The Hall–Kier alpha value is -2.29. The lowest BCUT2D eigenvalue weighted by molar-refractivity contribution is -0.116. The molecule has 0 aliphatic heterocycles. The molecule has 2 aromatic rings. The molecular weight excluding hydrogens is 491 g/mol. The van der Waals surface area contributed by atoms with Crippen molar-refractivity contribution in [3.05, 3.63) is 59.7 Å². The van der Waals surface area contributed by atoms with Crippen molar-refractivity contribution in [2.75, 3.05) is 18.5 Å². The Labute approximate surface area is 196 Å². The SMILES string of the molecule is CCCC(=O)Nc1ccc(CN=C(NCC)NCc2ccccc2OCC)cc1.I. The number of aliphatic imine (C=N–C) groups is 1. The van der Waals surface area contributed by atoms with Crippen molar-refractivity contribution in [1.29, 1.82) is 0 Å². The minimum Gasteiger partial charge on any atom is -0.494 e. The van der Waals surface area contributed by atoms with E-state index in [0.717, 1.165) is 41.5 Å². The van der Waals surface area contributed by atoms with E-state index >= 15 is 0 Å². The van der Waals surface area contributed by atoms with E-state index in [1.807, 2.05) is 69.3 Å². The molecule has 3 N–H and O–H groups in total. The molecule has 0 unspecified atom stereocenters. The van der Waals surface area contributed by atoms with Gasteiger partial charge in [0.05, 0.1) is 13.2 Å². The normalized spacial score (nSPS) is 10.7. The van der Waals surface area contributed by atoms with Gasteiger partial charge in [0, 0.05) is 30.8 Å². The summed E-state index contributed by atoms with van der Waals surface area (Å²) in [5, 5.41) is 9.52. The molecule has 164 valence electrons. The number of guanidine groups is 1. The number of nitrogens with zero attached hydrogens (tertiary/aromatic N) is 1. The molecule has 0 bridgehead atoms. The van der Waals surface area contributed by atoms with E-state index in [9.17, 15) is 4.79 Å². The molecule has 0 spiro atoms. The third-order valence-electron chi connectivity index (χ3n) is 4.20. The van der Waals surface area contributed by atoms with Gasteiger partial charge in [-0.15, -0.1) is 24.0 Å². The number of halogens is 1. The highest BCUT2D eigenvalue weighted by atomic mass is 127. The van der Waals surface area contributed by atoms with E-state index in [2.05, 4.69) is 20.9 Å². The van der Waals surface area contributed by atoms with Crippen LogP contribution in [-0.2, 0) is 17.9 Å².